The molecule has 2 saturated heterocycles. The van der Waals surface area contributed by atoms with Crippen molar-refractivity contribution in [2.24, 2.45) is 11.8 Å². The Hall–Kier alpha value is -2.45. The molecule has 3 atom stereocenters. The van der Waals surface area contributed by atoms with E-state index in [1.807, 2.05) is 45.0 Å². The van der Waals surface area contributed by atoms with Gasteiger partial charge < -0.3 is 19.3 Å². The molecule has 3 unspecified atom stereocenters. The molecule has 8 nitrogen and oxygen atoms in total. The number of aromatic nitrogens is 2. The van der Waals surface area contributed by atoms with Crippen LogP contribution in [0.3, 0.4) is 0 Å². The summed E-state index contributed by atoms with van der Waals surface area (Å²) in [6.07, 6.45) is -1.02. The van der Waals surface area contributed by atoms with E-state index in [4.69, 9.17) is 9.26 Å². The Kier molecular flexibility index (Phi) is 5.08. The first-order chi connectivity index (χ1) is 13.7. The lowest BCUT2D eigenvalue weighted by atomic mass is 10.0. The number of nitrogens with zero attached hydrogens (tertiary/aromatic N) is 4. The van der Waals surface area contributed by atoms with Crippen LogP contribution in [0.25, 0.3) is 11.5 Å². The largest absolute Gasteiger partial charge is 0.444 e. The van der Waals surface area contributed by atoms with Gasteiger partial charge in [0.15, 0.2) is 5.82 Å². The first-order valence-electron chi connectivity index (χ1n) is 10.0. The maximum atomic E-state index is 12.3. The zero-order valence-corrected chi connectivity index (χ0v) is 17.3. The second-order valence-corrected chi connectivity index (χ2v) is 8.97. The minimum Gasteiger partial charge on any atom is -0.444 e. The van der Waals surface area contributed by atoms with Gasteiger partial charge in [0.1, 0.15) is 11.8 Å². The first-order valence-corrected chi connectivity index (χ1v) is 10.0. The van der Waals surface area contributed by atoms with Gasteiger partial charge in [-0.25, -0.2) is 4.79 Å². The van der Waals surface area contributed by atoms with E-state index < -0.39 is 11.8 Å². The molecule has 3 heterocycles. The summed E-state index contributed by atoms with van der Waals surface area (Å²) in [7, 11) is 0. The summed E-state index contributed by atoms with van der Waals surface area (Å²) in [4.78, 5) is 20.5. The van der Waals surface area contributed by atoms with Crippen molar-refractivity contribution in [3.8, 4) is 11.5 Å². The van der Waals surface area contributed by atoms with Crippen molar-refractivity contribution in [2.75, 3.05) is 26.2 Å². The quantitative estimate of drug-likeness (QED) is 0.847. The Labute approximate surface area is 170 Å². The number of fused-ring (bicyclic) bond motifs is 1. The maximum Gasteiger partial charge on any atom is 0.410 e. The molecule has 0 spiro atoms. The van der Waals surface area contributed by atoms with Gasteiger partial charge >= 0.3 is 6.09 Å². The van der Waals surface area contributed by atoms with Crippen LogP contribution in [0, 0.1) is 18.8 Å². The van der Waals surface area contributed by atoms with E-state index in [0.29, 0.717) is 36.6 Å². The predicted octanol–water partition coefficient (Wildman–Crippen LogP) is 2.83. The number of hydrogen-bond acceptors (Lipinski definition) is 7. The van der Waals surface area contributed by atoms with Crippen LogP contribution in [-0.2, 0) is 4.74 Å². The van der Waals surface area contributed by atoms with E-state index in [2.05, 4.69) is 15.0 Å². The van der Waals surface area contributed by atoms with Crippen LogP contribution >= 0.6 is 0 Å². The van der Waals surface area contributed by atoms with Crippen molar-refractivity contribution in [1.29, 1.82) is 0 Å². The molecule has 1 N–H and O–H groups in total. The Bertz CT molecular complexity index is 877. The fourth-order valence-corrected chi connectivity index (χ4v) is 4.22. The Morgan fingerprint density at radius 1 is 1.21 bits per heavy atom. The van der Waals surface area contributed by atoms with Gasteiger partial charge in [-0.05, 0) is 45.6 Å². The molecule has 4 rings (SSSR count). The van der Waals surface area contributed by atoms with Crippen LogP contribution in [0.15, 0.2) is 28.8 Å². The molecule has 0 bridgehead atoms. The number of aliphatic hydroxyl groups is 1. The fraction of sp³-hybridized carbons (Fsp3) is 0.571. The molecule has 2 aliphatic rings. The van der Waals surface area contributed by atoms with Crippen molar-refractivity contribution in [1.82, 2.24) is 19.9 Å². The minimum atomic E-state index is -0.765. The molecule has 1 aromatic heterocycles. The van der Waals surface area contributed by atoms with Crippen molar-refractivity contribution in [3.63, 3.8) is 0 Å². The van der Waals surface area contributed by atoms with Gasteiger partial charge in [-0.3, -0.25) is 4.90 Å². The van der Waals surface area contributed by atoms with Crippen LogP contribution in [0.5, 0.6) is 0 Å². The molecule has 2 fully saturated rings. The van der Waals surface area contributed by atoms with Crippen molar-refractivity contribution < 1.29 is 19.2 Å². The Balaban J connectivity index is 1.44. The number of carbonyl (C=O) groups is 1. The fourth-order valence-electron chi connectivity index (χ4n) is 4.22. The third-order valence-corrected chi connectivity index (χ3v) is 5.51. The van der Waals surface area contributed by atoms with E-state index in [-0.39, 0.29) is 6.09 Å². The molecule has 2 aromatic rings. The molecule has 29 heavy (non-hydrogen) atoms. The number of aryl methyl sites for hydroxylation is 1. The van der Waals surface area contributed by atoms with E-state index in [0.717, 1.165) is 24.2 Å². The number of hydrogen-bond donors (Lipinski definition) is 1. The van der Waals surface area contributed by atoms with Crippen LogP contribution in [-0.4, -0.2) is 62.9 Å². The lowest BCUT2D eigenvalue weighted by Crippen LogP contribution is -2.38. The summed E-state index contributed by atoms with van der Waals surface area (Å²) in [6, 6.07) is 7.56. The normalized spacial score (nSPS) is 23.3. The molecule has 8 heteroatoms. The van der Waals surface area contributed by atoms with Crippen LogP contribution in [0.1, 0.15) is 38.4 Å². The molecule has 0 aliphatic carbocycles. The van der Waals surface area contributed by atoms with Gasteiger partial charge in [0.2, 0.25) is 0 Å². The van der Waals surface area contributed by atoms with Crippen molar-refractivity contribution >= 4 is 6.09 Å². The van der Waals surface area contributed by atoms with Crippen LogP contribution < -0.4 is 0 Å². The number of benzene rings is 1. The van der Waals surface area contributed by atoms with Crippen molar-refractivity contribution in [3.05, 3.63) is 35.7 Å². The molecule has 2 aliphatic heterocycles. The SMILES string of the molecule is Cc1noc(-c2ccccc2C(O)N2CC3CN(C(=O)OC(C)(C)C)CC3C2)n1. The van der Waals surface area contributed by atoms with Crippen LogP contribution in [0.2, 0.25) is 0 Å². The third-order valence-electron chi connectivity index (χ3n) is 5.51. The maximum absolute atomic E-state index is 12.3. The Morgan fingerprint density at radius 2 is 1.86 bits per heavy atom. The monoisotopic (exact) mass is 400 g/mol. The highest BCUT2D eigenvalue weighted by molar-refractivity contribution is 5.68. The summed E-state index contributed by atoms with van der Waals surface area (Å²) in [5, 5.41) is 14.9. The molecular formula is C21H28N4O4. The highest BCUT2D eigenvalue weighted by Gasteiger charge is 2.44. The molecular weight excluding hydrogens is 372 g/mol. The molecule has 0 saturated carbocycles. The Morgan fingerprint density at radius 3 is 2.45 bits per heavy atom. The average molecular weight is 400 g/mol. The van der Waals surface area contributed by atoms with Crippen molar-refractivity contribution in [2.45, 2.75) is 39.5 Å². The number of carbonyl (C=O) groups excluding carboxylic acids is 1. The first kappa shape index (κ1) is 19.8. The van der Waals surface area contributed by atoms with Gasteiger partial charge in [-0.2, -0.15) is 4.98 Å². The summed E-state index contributed by atoms with van der Waals surface area (Å²) in [6.45, 7) is 10.2. The topological polar surface area (TPSA) is 91.9 Å². The standard InChI is InChI=1S/C21H28N4O4/c1-13-22-18(29-23-13)16-7-5-6-8-17(16)19(26)24-9-14-11-25(12-15(14)10-24)20(27)28-21(2,3)4/h5-8,14-15,19,26H,9-12H2,1-4H3. The van der Waals surface area contributed by atoms with Gasteiger partial charge in [0, 0.05) is 37.3 Å². The van der Waals surface area contributed by atoms with Gasteiger partial charge in [0.05, 0.1) is 0 Å². The zero-order chi connectivity index (χ0) is 20.8. The number of amides is 1. The highest BCUT2D eigenvalue weighted by atomic mass is 16.6. The van der Waals surface area contributed by atoms with E-state index in [9.17, 15) is 9.90 Å². The average Bonchev–Trinajstić information content (AvgIpc) is 3.34. The molecule has 0 radical (unpaired) electrons. The highest BCUT2D eigenvalue weighted by Crippen LogP contribution is 2.37. The van der Waals surface area contributed by atoms with Crippen LogP contribution in [0.4, 0.5) is 4.79 Å². The smallest absolute Gasteiger partial charge is 0.410 e. The number of rotatable bonds is 3. The lowest BCUT2D eigenvalue weighted by Gasteiger charge is -2.28. The minimum absolute atomic E-state index is 0.254. The third kappa shape index (κ3) is 4.13. The molecule has 1 aromatic carbocycles. The summed E-state index contributed by atoms with van der Waals surface area (Å²) in [5.41, 5.74) is 1.00. The predicted molar refractivity (Wildman–Crippen MR) is 106 cm³/mol. The van der Waals surface area contributed by atoms with Gasteiger partial charge in [-0.1, -0.05) is 23.4 Å². The number of ether oxygens (including phenoxy) is 1. The summed E-state index contributed by atoms with van der Waals surface area (Å²) < 4.78 is 10.8. The van der Waals surface area contributed by atoms with E-state index >= 15 is 0 Å². The lowest BCUT2D eigenvalue weighted by molar-refractivity contribution is 0.00694. The summed E-state index contributed by atoms with van der Waals surface area (Å²) in [5.74, 6) is 1.62. The number of aliphatic hydroxyl groups excluding tert-OH is 1. The number of likely N-dealkylation sites (tertiary alicyclic amines) is 2. The zero-order valence-electron chi connectivity index (χ0n) is 17.3. The second-order valence-electron chi connectivity index (χ2n) is 8.97. The summed E-state index contributed by atoms with van der Waals surface area (Å²) >= 11 is 0. The molecule has 156 valence electrons. The second kappa shape index (κ2) is 7.42. The van der Waals surface area contributed by atoms with Gasteiger partial charge in [0.25, 0.3) is 5.89 Å². The molecule has 1 amide bonds. The van der Waals surface area contributed by atoms with E-state index in [1.165, 1.54) is 0 Å². The van der Waals surface area contributed by atoms with Gasteiger partial charge in [-0.15, -0.1) is 0 Å². The van der Waals surface area contributed by atoms with E-state index in [1.54, 1.807) is 11.8 Å².